The van der Waals surface area contributed by atoms with Crippen LogP contribution in [-0.2, 0) is 4.79 Å². The van der Waals surface area contributed by atoms with Crippen molar-refractivity contribution in [3.8, 4) is 25.7 Å². The number of piperazine rings is 1. The highest BCUT2D eigenvalue weighted by atomic mass is 16.1. The van der Waals surface area contributed by atoms with Gasteiger partial charge in [-0.25, -0.2) is 4.98 Å². The zero-order valence-electron chi connectivity index (χ0n) is 22.8. The molecule has 0 bridgehead atoms. The van der Waals surface area contributed by atoms with E-state index in [4.69, 9.17) is 15.0 Å². The van der Waals surface area contributed by atoms with Crippen LogP contribution in [0.1, 0.15) is 37.3 Å². The lowest BCUT2D eigenvalue weighted by molar-refractivity contribution is -0.105. The molecule has 5 heterocycles. The SMILES string of the molecule is C#C.C#C.CN1CCN(c2nc(Nc3cc(C4CC4)[nH]n3)nc(N3CCCC3)n2)CC1.O=CNc1cnccn1. The molecule has 0 spiro atoms. The summed E-state index contributed by atoms with van der Waals surface area (Å²) in [7, 11) is 2.16. The van der Waals surface area contributed by atoms with Crippen molar-refractivity contribution in [3.05, 3.63) is 30.4 Å². The summed E-state index contributed by atoms with van der Waals surface area (Å²) in [5.74, 6) is 4.01. The Morgan fingerprint density at radius 1 is 0.900 bits per heavy atom. The number of aromatic nitrogens is 7. The summed E-state index contributed by atoms with van der Waals surface area (Å²) in [5, 5.41) is 13.2. The normalized spacial score (nSPS) is 16.2. The van der Waals surface area contributed by atoms with Crippen LogP contribution >= 0.6 is 0 Å². The minimum Gasteiger partial charge on any atom is -0.341 e. The number of rotatable bonds is 7. The van der Waals surface area contributed by atoms with Crippen molar-refractivity contribution in [2.45, 2.75) is 31.6 Å². The molecule has 2 aliphatic heterocycles. The zero-order valence-corrected chi connectivity index (χ0v) is 22.8. The molecule has 0 radical (unpaired) electrons. The van der Waals surface area contributed by atoms with Crippen molar-refractivity contribution in [2.24, 2.45) is 0 Å². The van der Waals surface area contributed by atoms with Gasteiger partial charge in [-0.1, -0.05) is 0 Å². The molecule has 3 aromatic heterocycles. The van der Waals surface area contributed by atoms with Crippen LogP contribution in [0.4, 0.5) is 29.5 Å². The summed E-state index contributed by atoms with van der Waals surface area (Å²) in [6.45, 7) is 5.95. The summed E-state index contributed by atoms with van der Waals surface area (Å²) >= 11 is 0. The second-order valence-electron chi connectivity index (χ2n) is 9.20. The lowest BCUT2D eigenvalue weighted by Crippen LogP contribution is -2.45. The average Bonchev–Trinajstić information content (AvgIpc) is 3.49. The number of carbonyl (C=O) groups is 1. The van der Waals surface area contributed by atoms with Gasteiger partial charge in [0.05, 0.1) is 6.20 Å². The number of carbonyl (C=O) groups excluding carboxylic acids is 1. The fourth-order valence-electron chi connectivity index (χ4n) is 4.17. The first kappa shape index (κ1) is 29.8. The Balaban J connectivity index is 0.000000286. The van der Waals surface area contributed by atoms with Crippen molar-refractivity contribution in [1.82, 2.24) is 40.0 Å². The van der Waals surface area contributed by atoms with E-state index in [1.165, 1.54) is 50.0 Å². The molecular formula is C27H36N12O. The Kier molecular flexibility index (Phi) is 11.6. The smallest absolute Gasteiger partial charge is 0.235 e. The molecule has 0 unspecified atom stereocenters. The van der Waals surface area contributed by atoms with Gasteiger partial charge in [0.15, 0.2) is 11.6 Å². The molecule has 1 amide bonds. The fourth-order valence-corrected chi connectivity index (χ4v) is 4.17. The van der Waals surface area contributed by atoms with Gasteiger partial charge in [-0.2, -0.15) is 20.1 Å². The molecule has 13 nitrogen and oxygen atoms in total. The highest BCUT2D eigenvalue weighted by Crippen LogP contribution is 2.39. The number of hydrogen-bond donors (Lipinski definition) is 3. The molecule has 13 heteroatoms. The monoisotopic (exact) mass is 544 g/mol. The van der Waals surface area contributed by atoms with Crippen molar-refractivity contribution in [1.29, 1.82) is 0 Å². The van der Waals surface area contributed by atoms with Crippen molar-refractivity contribution in [2.75, 3.05) is 66.7 Å². The molecule has 6 rings (SSSR count). The van der Waals surface area contributed by atoms with Crippen molar-refractivity contribution >= 4 is 35.9 Å². The van der Waals surface area contributed by atoms with E-state index in [2.05, 4.69) is 84.3 Å². The summed E-state index contributed by atoms with van der Waals surface area (Å²) in [6.07, 6.45) is 26.0. The predicted octanol–water partition coefficient (Wildman–Crippen LogP) is 2.11. The molecule has 210 valence electrons. The first-order valence-electron chi connectivity index (χ1n) is 13.1. The van der Waals surface area contributed by atoms with Gasteiger partial charge < -0.3 is 25.3 Å². The molecule has 1 saturated carbocycles. The van der Waals surface area contributed by atoms with Gasteiger partial charge in [-0.15, -0.1) is 25.7 Å². The maximum absolute atomic E-state index is 9.80. The summed E-state index contributed by atoms with van der Waals surface area (Å²) in [5.41, 5.74) is 1.20. The Morgan fingerprint density at radius 3 is 2.12 bits per heavy atom. The Hall–Kier alpha value is -4.75. The van der Waals surface area contributed by atoms with Crippen LogP contribution in [0.2, 0.25) is 0 Å². The highest BCUT2D eigenvalue weighted by Gasteiger charge is 2.26. The number of amides is 1. The van der Waals surface area contributed by atoms with Crippen LogP contribution < -0.4 is 20.4 Å². The van der Waals surface area contributed by atoms with Gasteiger partial charge in [-0.3, -0.25) is 14.9 Å². The van der Waals surface area contributed by atoms with Gasteiger partial charge >= 0.3 is 0 Å². The molecule has 3 N–H and O–H groups in total. The Labute approximate surface area is 235 Å². The lowest BCUT2D eigenvalue weighted by Gasteiger charge is -2.32. The number of terminal acetylenes is 2. The molecule has 3 fully saturated rings. The van der Waals surface area contributed by atoms with E-state index in [-0.39, 0.29) is 0 Å². The molecule has 0 aromatic carbocycles. The standard InChI is InChI=1S/C18H27N9.C5H5N3O.2C2H2/c1-25-8-10-27(11-9-25)18-21-16(20-17(22-18)26-6-2-3-7-26)19-15-12-14(23-24-15)13-4-5-13;9-4-8-5-3-6-1-2-7-5;2*1-2/h12-13H,2-11H2,1H3,(H2,19,20,21,22,23,24);1-4H,(H,7,8,9);2*1-2H. The van der Waals surface area contributed by atoms with Gasteiger partial charge in [0.1, 0.15) is 0 Å². The lowest BCUT2D eigenvalue weighted by atomic mass is 10.3. The van der Waals surface area contributed by atoms with Gasteiger partial charge in [0.25, 0.3) is 0 Å². The van der Waals surface area contributed by atoms with Crippen LogP contribution in [0.25, 0.3) is 0 Å². The quantitative estimate of drug-likeness (QED) is 0.297. The third-order valence-electron chi connectivity index (χ3n) is 6.41. The third kappa shape index (κ3) is 8.64. The minimum atomic E-state index is 0.465. The van der Waals surface area contributed by atoms with Gasteiger partial charge in [0, 0.05) is 69.3 Å². The molecule has 3 aromatic rings. The van der Waals surface area contributed by atoms with Crippen molar-refractivity contribution in [3.63, 3.8) is 0 Å². The number of nitrogens with one attached hydrogen (secondary N) is 3. The Morgan fingerprint density at radius 2 is 1.55 bits per heavy atom. The zero-order chi connectivity index (χ0) is 28.7. The van der Waals surface area contributed by atoms with Gasteiger partial charge in [0.2, 0.25) is 24.3 Å². The molecule has 40 heavy (non-hydrogen) atoms. The average molecular weight is 545 g/mol. The van der Waals surface area contributed by atoms with E-state index >= 15 is 0 Å². The highest BCUT2D eigenvalue weighted by molar-refractivity contribution is 5.67. The van der Waals surface area contributed by atoms with Gasteiger partial charge in [-0.05, 0) is 32.7 Å². The number of H-pyrrole nitrogens is 1. The first-order chi connectivity index (χ1) is 19.7. The fraction of sp³-hybridized carbons (Fsp3) is 0.444. The van der Waals surface area contributed by atoms with E-state index < -0.39 is 0 Å². The second-order valence-corrected chi connectivity index (χ2v) is 9.20. The Bertz CT molecular complexity index is 1200. The predicted molar refractivity (Wildman–Crippen MR) is 156 cm³/mol. The number of aromatic amines is 1. The number of hydrogen-bond acceptors (Lipinski definition) is 11. The van der Waals surface area contributed by atoms with Crippen LogP contribution in [0.5, 0.6) is 0 Å². The van der Waals surface area contributed by atoms with Crippen LogP contribution in [0, 0.1) is 25.7 Å². The molecular weight excluding hydrogens is 508 g/mol. The van der Waals surface area contributed by atoms with E-state index in [1.54, 1.807) is 0 Å². The van der Waals surface area contributed by atoms with Crippen molar-refractivity contribution < 1.29 is 4.79 Å². The largest absolute Gasteiger partial charge is 0.341 e. The summed E-state index contributed by atoms with van der Waals surface area (Å²) in [4.78, 5) is 38.3. The maximum atomic E-state index is 9.80. The topological polar surface area (TPSA) is 144 Å². The maximum Gasteiger partial charge on any atom is 0.235 e. The van der Waals surface area contributed by atoms with E-state index in [0.717, 1.165) is 57.0 Å². The minimum absolute atomic E-state index is 0.465. The number of likely N-dealkylation sites (N-methyl/N-ethyl adjacent to an activating group) is 1. The van der Waals surface area contributed by atoms with E-state index in [1.807, 2.05) is 0 Å². The van der Waals surface area contributed by atoms with Crippen LogP contribution in [0.3, 0.4) is 0 Å². The number of anilines is 5. The van der Waals surface area contributed by atoms with E-state index in [9.17, 15) is 4.79 Å². The van der Waals surface area contributed by atoms with E-state index in [0.29, 0.717) is 24.1 Å². The second kappa shape index (κ2) is 15.6. The molecule has 0 atom stereocenters. The molecule has 3 aliphatic rings. The molecule has 2 saturated heterocycles. The number of nitrogens with zero attached hydrogens (tertiary/aromatic N) is 9. The van der Waals surface area contributed by atoms with Crippen LogP contribution in [-0.4, -0.2) is 92.7 Å². The first-order valence-corrected chi connectivity index (χ1v) is 13.1. The molecule has 1 aliphatic carbocycles. The summed E-state index contributed by atoms with van der Waals surface area (Å²) in [6, 6.07) is 2.08. The summed E-state index contributed by atoms with van der Waals surface area (Å²) < 4.78 is 0. The van der Waals surface area contributed by atoms with Crippen LogP contribution in [0.15, 0.2) is 24.7 Å². The third-order valence-corrected chi connectivity index (χ3v) is 6.41.